The molecule has 1 saturated heterocycles. The van der Waals surface area contributed by atoms with Gasteiger partial charge in [0.1, 0.15) is 35.3 Å². The van der Waals surface area contributed by atoms with Crippen molar-refractivity contribution in [3.05, 3.63) is 53.9 Å². The Balaban J connectivity index is 1.21. The van der Waals surface area contributed by atoms with Crippen LogP contribution in [-0.4, -0.2) is 94.6 Å². The summed E-state index contributed by atoms with van der Waals surface area (Å²) in [7, 11) is -2.35. The molecule has 3 aromatic rings. The van der Waals surface area contributed by atoms with Crippen molar-refractivity contribution in [2.45, 2.75) is 101 Å². The topological polar surface area (TPSA) is 171 Å². The number of hydrogen-bond acceptors (Lipinski definition) is 10. The van der Waals surface area contributed by atoms with Gasteiger partial charge in [-0.3, -0.25) is 19.1 Å². The van der Waals surface area contributed by atoms with Gasteiger partial charge in [-0.1, -0.05) is 12.2 Å². The summed E-state index contributed by atoms with van der Waals surface area (Å²) in [5, 5.41) is 8.17. The van der Waals surface area contributed by atoms with Gasteiger partial charge in [-0.25, -0.2) is 18.1 Å². The van der Waals surface area contributed by atoms with Gasteiger partial charge in [0, 0.05) is 42.2 Å². The number of nitrogens with zero attached hydrogens (tertiary/aromatic N) is 4. The summed E-state index contributed by atoms with van der Waals surface area (Å²) < 4.78 is 47.3. The molecule has 2 N–H and O–H groups in total. The Kier molecular flexibility index (Phi) is 9.30. The number of pyridine rings is 1. The molecule has 0 spiro atoms. The minimum Gasteiger partial charge on any atom is -0.496 e. The Morgan fingerprint density at radius 1 is 1.13 bits per heavy atom. The van der Waals surface area contributed by atoms with Crippen LogP contribution in [0, 0.1) is 19.8 Å². The van der Waals surface area contributed by atoms with Crippen molar-refractivity contribution in [3.8, 4) is 17.3 Å². The third-order valence-electron chi connectivity index (χ3n) is 10.9. The first kappa shape index (κ1) is 35.9. The molecule has 2 saturated carbocycles. The number of carbonyl (C=O) groups is 3. The minimum absolute atomic E-state index is 0.0784. The van der Waals surface area contributed by atoms with E-state index in [0.29, 0.717) is 42.3 Å². The average molecular weight is 735 g/mol. The van der Waals surface area contributed by atoms with E-state index in [1.54, 1.807) is 31.7 Å². The predicted octanol–water partition coefficient (Wildman–Crippen LogP) is 3.41. The number of benzene rings is 1. The molecule has 3 fully saturated rings. The fourth-order valence-electron chi connectivity index (χ4n) is 7.16. The number of fused-ring (bicyclic) bond motifs is 3. The maximum atomic E-state index is 14.3. The second-order valence-electron chi connectivity index (χ2n) is 14.7. The van der Waals surface area contributed by atoms with Crippen molar-refractivity contribution in [2.24, 2.45) is 5.92 Å². The van der Waals surface area contributed by atoms with Gasteiger partial charge in [-0.05, 0) is 84.4 Å². The lowest BCUT2D eigenvalue weighted by Gasteiger charge is -2.28. The second kappa shape index (κ2) is 13.5. The fraction of sp³-hybridized carbons (Fsp3) is 0.541. The molecule has 278 valence electrons. The van der Waals surface area contributed by atoms with Crippen LogP contribution < -0.4 is 19.5 Å². The molecule has 52 heavy (non-hydrogen) atoms. The molecular formula is C37H46N6O8S. The zero-order valence-corrected chi connectivity index (χ0v) is 31.0. The fourth-order valence-corrected chi connectivity index (χ4v) is 8.47. The van der Waals surface area contributed by atoms with Gasteiger partial charge >= 0.3 is 0 Å². The van der Waals surface area contributed by atoms with Crippen LogP contribution in [0.5, 0.6) is 11.5 Å². The van der Waals surface area contributed by atoms with Gasteiger partial charge in [0.25, 0.3) is 11.8 Å². The first-order chi connectivity index (χ1) is 24.7. The Morgan fingerprint density at radius 2 is 1.92 bits per heavy atom. The summed E-state index contributed by atoms with van der Waals surface area (Å²) >= 11 is 0. The molecule has 3 amide bonds. The first-order valence-corrected chi connectivity index (χ1v) is 19.4. The lowest BCUT2D eigenvalue weighted by atomic mass is 10.1. The van der Waals surface area contributed by atoms with Crippen molar-refractivity contribution < 1.29 is 37.0 Å². The molecule has 0 radical (unpaired) electrons. The number of hydrogen-bond donors (Lipinski definition) is 2. The lowest BCUT2D eigenvalue weighted by molar-refractivity contribution is -0.147. The Labute approximate surface area is 303 Å². The Morgan fingerprint density at radius 3 is 2.63 bits per heavy atom. The highest BCUT2D eigenvalue weighted by atomic mass is 32.2. The van der Waals surface area contributed by atoms with Gasteiger partial charge in [-0.2, -0.15) is 5.10 Å². The zero-order chi connectivity index (χ0) is 37.0. The molecule has 2 aliphatic heterocycles. The van der Waals surface area contributed by atoms with E-state index < -0.39 is 56.3 Å². The molecule has 5 atom stereocenters. The Bertz CT molecular complexity index is 2060. The van der Waals surface area contributed by atoms with Gasteiger partial charge in [-0.15, -0.1) is 0 Å². The molecule has 15 heteroatoms. The monoisotopic (exact) mass is 734 g/mol. The summed E-state index contributed by atoms with van der Waals surface area (Å²) in [6.07, 6.45) is 7.72. The summed E-state index contributed by atoms with van der Waals surface area (Å²) in [6.45, 7) is 7.52. The highest BCUT2D eigenvalue weighted by Crippen LogP contribution is 2.47. The highest BCUT2D eigenvalue weighted by molar-refractivity contribution is 7.91. The third-order valence-corrected chi connectivity index (χ3v) is 13.1. The van der Waals surface area contributed by atoms with Gasteiger partial charge < -0.3 is 24.4 Å². The number of sulfonamides is 1. The van der Waals surface area contributed by atoms with E-state index in [0.717, 1.165) is 35.9 Å². The predicted molar refractivity (Wildman–Crippen MR) is 192 cm³/mol. The second-order valence-corrected chi connectivity index (χ2v) is 16.9. The molecule has 2 aromatic heterocycles. The average Bonchev–Trinajstić information content (AvgIpc) is 3.91. The largest absolute Gasteiger partial charge is 0.496 e. The van der Waals surface area contributed by atoms with Crippen LogP contribution in [0.4, 0.5) is 0 Å². The number of nitrogens with one attached hydrogen (secondary N) is 2. The summed E-state index contributed by atoms with van der Waals surface area (Å²) in [4.78, 5) is 48.3. The van der Waals surface area contributed by atoms with E-state index in [2.05, 4.69) is 15.1 Å². The van der Waals surface area contributed by atoms with Gasteiger partial charge in [0.15, 0.2) is 5.82 Å². The number of amides is 3. The highest BCUT2D eigenvalue weighted by Gasteiger charge is 2.63. The molecule has 14 nitrogen and oxygen atoms in total. The van der Waals surface area contributed by atoms with E-state index in [4.69, 9.17) is 19.2 Å². The van der Waals surface area contributed by atoms with E-state index in [1.807, 2.05) is 50.4 Å². The number of methoxy groups -OCH3 is 1. The normalized spacial score (nSPS) is 27.5. The van der Waals surface area contributed by atoms with E-state index in [1.165, 1.54) is 4.90 Å². The van der Waals surface area contributed by atoms with Crippen LogP contribution in [0.3, 0.4) is 0 Å². The molecule has 4 aliphatic rings. The zero-order valence-electron chi connectivity index (χ0n) is 30.2. The third kappa shape index (κ3) is 6.64. The van der Waals surface area contributed by atoms with E-state index >= 15 is 0 Å². The van der Waals surface area contributed by atoms with Crippen molar-refractivity contribution in [1.29, 1.82) is 0 Å². The standard InChI is InChI=1S/C37H46N6O8S/c1-22-13-16-43(40-22)31-19-30(27-11-12-29(49-5)23(2)32(27)38-31)51-26-18-28-33(44)39-37(35(46)41-52(47,48)36(4)14-15-36)20-25(37)10-8-6-7-9-17-50-24(3)34(45)42(28)21-26/h8,10-13,16,19,24-26,28H,6-7,9,14-15,17-18,20-21H2,1-5H3,(H,39,44)(H,41,46). The summed E-state index contributed by atoms with van der Waals surface area (Å²) in [5.41, 5.74) is 0.812. The van der Waals surface area contributed by atoms with Gasteiger partial charge in [0.05, 0.1) is 29.6 Å². The van der Waals surface area contributed by atoms with E-state index in [9.17, 15) is 22.8 Å². The first-order valence-electron chi connectivity index (χ1n) is 17.9. The number of carbonyl (C=O) groups excluding carboxylic acids is 3. The smallest absolute Gasteiger partial charge is 0.259 e. The maximum absolute atomic E-state index is 14.3. The van der Waals surface area contributed by atoms with Crippen molar-refractivity contribution in [2.75, 3.05) is 20.3 Å². The number of ether oxygens (including phenoxy) is 3. The van der Waals surface area contributed by atoms with E-state index in [-0.39, 0.29) is 25.3 Å². The summed E-state index contributed by atoms with van der Waals surface area (Å²) in [6, 6.07) is 6.35. The Hall–Kier alpha value is -4.50. The van der Waals surface area contributed by atoms with Crippen LogP contribution in [0.2, 0.25) is 0 Å². The number of rotatable bonds is 7. The van der Waals surface area contributed by atoms with Crippen LogP contribution in [0.15, 0.2) is 42.6 Å². The molecule has 0 bridgehead atoms. The number of aromatic nitrogens is 3. The number of aryl methyl sites for hydroxylation is 2. The molecule has 2 aliphatic carbocycles. The lowest BCUT2D eigenvalue weighted by Crippen LogP contribution is -2.57. The van der Waals surface area contributed by atoms with Crippen molar-refractivity contribution in [1.82, 2.24) is 29.7 Å². The minimum atomic E-state index is -3.95. The molecule has 4 heterocycles. The van der Waals surface area contributed by atoms with Crippen molar-refractivity contribution >= 4 is 38.6 Å². The van der Waals surface area contributed by atoms with Crippen LogP contribution >= 0.6 is 0 Å². The quantitative estimate of drug-likeness (QED) is 0.343. The van der Waals surface area contributed by atoms with Crippen LogP contribution in [0.25, 0.3) is 16.7 Å². The maximum Gasteiger partial charge on any atom is 0.259 e. The summed E-state index contributed by atoms with van der Waals surface area (Å²) in [5.74, 6) is -0.420. The van der Waals surface area contributed by atoms with Crippen molar-refractivity contribution in [3.63, 3.8) is 0 Å². The number of allylic oxidation sites excluding steroid dienone is 1. The SMILES string of the molecule is COc1ccc2c(OC3CC4C(=O)NC5(C(=O)NS(=O)(=O)C6(C)CC6)CC5C=CCCCCOC(C)C(=O)N4C3)cc(-n3ccc(C)n3)nc2c1C. The molecule has 1 aromatic carbocycles. The van der Waals surface area contributed by atoms with Crippen LogP contribution in [0.1, 0.15) is 70.1 Å². The van der Waals surface area contributed by atoms with Crippen LogP contribution in [-0.2, 0) is 29.1 Å². The molecular weight excluding hydrogens is 689 g/mol. The molecule has 5 unspecified atom stereocenters. The molecule has 7 rings (SSSR count). The van der Waals surface area contributed by atoms with Gasteiger partial charge in [0.2, 0.25) is 15.9 Å².